The van der Waals surface area contributed by atoms with Gasteiger partial charge in [-0.2, -0.15) is 0 Å². The van der Waals surface area contributed by atoms with E-state index in [1.165, 1.54) is 5.56 Å². The molecule has 4 heteroatoms. The van der Waals surface area contributed by atoms with Crippen molar-refractivity contribution in [3.05, 3.63) is 140 Å². The molecule has 0 atom stereocenters. The van der Waals surface area contributed by atoms with Crippen molar-refractivity contribution in [1.29, 1.82) is 0 Å². The average Bonchev–Trinajstić information content (AvgIpc) is 3.64. The number of aromatic nitrogens is 3. The minimum absolute atomic E-state index is 0.824. The number of nitrogens with zero attached hydrogens (tertiary/aromatic N) is 3. The molecular formula is C36H23N3O. The van der Waals surface area contributed by atoms with Crippen LogP contribution in [-0.2, 0) is 0 Å². The first-order valence-corrected chi connectivity index (χ1v) is 13.3. The number of hydrogen-bond acceptors (Lipinski definition) is 3. The molecule has 0 fully saturated rings. The van der Waals surface area contributed by atoms with Crippen molar-refractivity contribution in [2.75, 3.05) is 0 Å². The summed E-state index contributed by atoms with van der Waals surface area (Å²) in [6.07, 6.45) is 5.84. The SMILES string of the molecule is c1ccc(-n2ccc3nccc(-c4ccc(-c5ccc(-c6ccnc7c6oc6ccccc67)cc5)cc4)c32)cc1. The molecule has 0 bridgehead atoms. The normalized spacial score (nSPS) is 11.5. The van der Waals surface area contributed by atoms with Crippen LogP contribution in [0.3, 0.4) is 0 Å². The maximum atomic E-state index is 6.20. The predicted molar refractivity (Wildman–Crippen MR) is 162 cm³/mol. The molecule has 0 amide bonds. The topological polar surface area (TPSA) is 43.9 Å². The number of pyridine rings is 2. The zero-order chi connectivity index (χ0) is 26.5. The van der Waals surface area contributed by atoms with Crippen molar-refractivity contribution in [3.63, 3.8) is 0 Å². The van der Waals surface area contributed by atoms with Gasteiger partial charge in [0.05, 0.1) is 11.0 Å². The van der Waals surface area contributed by atoms with Crippen LogP contribution in [0.4, 0.5) is 0 Å². The van der Waals surface area contributed by atoms with E-state index >= 15 is 0 Å². The lowest BCUT2D eigenvalue weighted by atomic mass is 9.98. The van der Waals surface area contributed by atoms with Crippen molar-refractivity contribution in [2.45, 2.75) is 0 Å². The lowest BCUT2D eigenvalue weighted by Gasteiger charge is -2.11. The van der Waals surface area contributed by atoms with E-state index in [2.05, 4.69) is 112 Å². The molecule has 4 aromatic heterocycles. The molecule has 4 aromatic carbocycles. The summed E-state index contributed by atoms with van der Waals surface area (Å²) in [6.45, 7) is 0. The Morgan fingerprint density at radius 2 is 1.15 bits per heavy atom. The van der Waals surface area contributed by atoms with Crippen molar-refractivity contribution in [3.8, 4) is 39.1 Å². The van der Waals surface area contributed by atoms with Gasteiger partial charge in [-0.3, -0.25) is 9.97 Å². The van der Waals surface area contributed by atoms with E-state index in [0.29, 0.717) is 0 Å². The highest BCUT2D eigenvalue weighted by Crippen LogP contribution is 2.36. The van der Waals surface area contributed by atoms with Crippen molar-refractivity contribution in [1.82, 2.24) is 14.5 Å². The molecule has 0 saturated carbocycles. The zero-order valence-electron chi connectivity index (χ0n) is 21.5. The zero-order valence-corrected chi connectivity index (χ0v) is 21.5. The Morgan fingerprint density at radius 1 is 0.525 bits per heavy atom. The Balaban J connectivity index is 1.14. The quantitative estimate of drug-likeness (QED) is 0.235. The number of para-hydroxylation sites is 2. The van der Waals surface area contributed by atoms with Gasteiger partial charge in [-0.05, 0) is 64.7 Å². The molecule has 0 aliphatic carbocycles. The number of benzene rings is 4. The molecule has 4 heterocycles. The highest BCUT2D eigenvalue weighted by atomic mass is 16.3. The monoisotopic (exact) mass is 513 g/mol. The summed E-state index contributed by atoms with van der Waals surface area (Å²) in [4.78, 5) is 9.20. The van der Waals surface area contributed by atoms with Gasteiger partial charge in [-0.1, -0.05) is 78.9 Å². The fraction of sp³-hybridized carbons (Fsp3) is 0. The number of rotatable bonds is 4. The maximum Gasteiger partial charge on any atom is 0.161 e. The van der Waals surface area contributed by atoms with Gasteiger partial charge in [0.1, 0.15) is 11.1 Å². The van der Waals surface area contributed by atoms with Crippen molar-refractivity contribution in [2.24, 2.45) is 0 Å². The summed E-state index contributed by atoms with van der Waals surface area (Å²) in [5, 5.41) is 1.04. The van der Waals surface area contributed by atoms with E-state index in [4.69, 9.17) is 4.42 Å². The van der Waals surface area contributed by atoms with Crippen LogP contribution in [0.15, 0.2) is 144 Å². The molecule has 0 N–H and O–H groups in total. The minimum Gasteiger partial charge on any atom is -0.454 e. The first kappa shape index (κ1) is 22.5. The van der Waals surface area contributed by atoms with Gasteiger partial charge in [0.25, 0.3) is 0 Å². The average molecular weight is 514 g/mol. The maximum absolute atomic E-state index is 6.20. The Hall–Kier alpha value is -5.48. The molecule has 188 valence electrons. The van der Waals surface area contributed by atoms with Crippen LogP contribution in [0.1, 0.15) is 0 Å². The Kier molecular flexibility index (Phi) is 5.10. The van der Waals surface area contributed by atoms with Crippen LogP contribution in [0, 0.1) is 0 Å². The van der Waals surface area contributed by atoms with Gasteiger partial charge in [-0.15, -0.1) is 0 Å². The summed E-state index contributed by atoms with van der Waals surface area (Å²) in [5.41, 5.74) is 12.6. The molecule has 40 heavy (non-hydrogen) atoms. The van der Waals surface area contributed by atoms with Gasteiger partial charge in [-0.25, -0.2) is 0 Å². The van der Waals surface area contributed by atoms with Crippen molar-refractivity contribution >= 4 is 33.1 Å². The molecule has 0 saturated heterocycles. The first-order valence-electron chi connectivity index (χ1n) is 13.3. The summed E-state index contributed by atoms with van der Waals surface area (Å²) in [6, 6.07) is 42.1. The summed E-state index contributed by atoms with van der Waals surface area (Å²) < 4.78 is 8.41. The van der Waals surface area contributed by atoms with Gasteiger partial charge in [0.2, 0.25) is 0 Å². The van der Waals surface area contributed by atoms with Gasteiger partial charge in [0, 0.05) is 40.8 Å². The standard InChI is InChI=1S/C36H23N3O/c1-2-6-28(7-3-1)39-23-20-32-35(39)29(18-21-37-32)26-14-10-24(11-15-26)25-12-16-27(17-13-25)30-19-22-38-34-31-8-4-5-9-33(31)40-36(30)34/h1-23H. The van der Waals surface area contributed by atoms with Crippen LogP contribution in [0.25, 0.3) is 72.2 Å². The van der Waals surface area contributed by atoms with Gasteiger partial charge in [0.15, 0.2) is 5.58 Å². The Bertz CT molecular complexity index is 2140. The third-order valence-corrected chi connectivity index (χ3v) is 7.59. The highest BCUT2D eigenvalue weighted by Gasteiger charge is 2.14. The second kappa shape index (κ2) is 9.07. The van der Waals surface area contributed by atoms with Crippen LogP contribution in [0.5, 0.6) is 0 Å². The fourth-order valence-corrected chi connectivity index (χ4v) is 5.62. The second-order valence-corrected chi connectivity index (χ2v) is 9.90. The van der Waals surface area contributed by atoms with E-state index in [1.807, 2.05) is 42.7 Å². The van der Waals surface area contributed by atoms with E-state index in [0.717, 1.165) is 66.6 Å². The summed E-state index contributed by atoms with van der Waals surface area (Å²) in [7, 11) is 0. The molecule has 0 spiro atoms. The predicted octanol–water partition coefficient (Wildman–Crippen LogP) is 9.32. The lowest BCUT2D eigenvalue weighted by Crippen LogP contribution is -1.94. The second-order valence-electron chi connectivity index (χ2n) is 9.90. The lowest BCUT2D eigenvalue weighted by molar-refractivity contribution is 0.669. The minimum atomic E-state index is 0.824. The van der Waals surface area contributed by atoms with Crippen LogP contribution >= 0.6 is 0 Å². The largest absolute Gasteiger partial charge is 0.454 e. The fourth-order valence-electron chi connectivity index (χ4n) is 5.62. The molecule has 0 aliphatic rings. The molecule has 0 aliphatic heterocycles. The first-order chi connectivity index (χ1) is 19.8. The number of furan rings is 1. The van der Waals surface area contributed by atoms with Gasteiger partial charge >= 0.3 is 0 Å². The molecule has 8 rings (SSSR count). The highest BCUT2D eigenvalue weighted by molar-refractivity contribution is 6.07. The Morgan fingerprint density at radius 3 is 1.93 bits per heavy atom. The number of fused-ring (bicyclic) bond motifs is 4. The number of hydrogen-bond donors (Lipinski definition) is 0. The van der Waals surface area contributed by atoms with Crippen LogP contribution < -0.4 is 0 Å². The summed E-state index contributed by atoms with van der Waals surface area (Å²) >= 11 is 0. The van der Waals surface area contributed by atoms with E-state index in [-0.39, 0.29) is 0 Å². The van der Waals surface area contributed by atoms with E-state index in [1.54, 1.807) is 0 Å². The van der Waals surface area contributed by atoms with Crippen LogP contribution in [-0.4, -0.2) is 14.5 Å². The molecular weight excluding hydrogens is 490 g/mol. The third kappa shape index (κ3) is 3.62. The molecule has 0 unspecified atom stereocenters. The summed E-state index contributed by atoms with van der Waals surface area (Å²) in [5.74, 6) is 0. The van der Waals surface area contributed by atoms with E-state index in [9.17, 15) is 0 Å². The van der Waals surface area contributed by atoms with Crippen LogP contribution in [0.2, 0.25) is 0 Å². The molecule has 4 nitrogen and oxygen atoms in total. The van der Waals surface area contributed by atoms with Gasteiger partial charge < -0.3 is 8.98 Å². The van der Waals surface area contributed by atoms with E-state index < -0.39 is 0 Å². The smallest absolute Gasteiger partial charge is 0.161 e. The Labute approximate surface area is 230 Å². The molecule has 8 aromatic rings. The van der Waals surface area contributed by atoms with Crippen molar-refractivity contribution < 1.29 is 4.42 Å². The third-order valence-electron chi connectivity index (χ3n) is 7.59. The molecule has 0 radical (unpaired) electrons.